The maximum atomic E-state index is 11.6. The topological polar surface area (TPSA) is 91.4 Å². The molecule has 1 aromatic carbocycles. The fourth-order valence-corrected chi connectivity index (χ4v) is 2.13. The average molecular weight is 304 g/mol. The number of aromatic nitrogens is 1. The molecule has 0 spiro atoms. The number of fused-ring (bicyclic) bond motifs is 1. The molecule has 0 saturated carbocycles. The van der Waals surface area contributed by atoms with E-state index in [9.17, 15) is 9.59 Å². The van der Waals surface area contributed by atoms with Gasteiger partial charge in [-0.05, 0) is 44.0 Å². The summed E-state index contributed by atoms with van der Waals surface area (Å²) in [5.74, 6) is -0.877. The summed E-state index contributed by atoms with van der Waals surface area (Å²) in [6, 6.07) is 5.62. The predicted octanol–water partition coefficient (Wildman–Crippen LogP) is 2.82. The maximum absolute atomic E-state index is 11.6. The van der Waals surface area contributed by atoms with Crippen LogP contribution in [-0.4, -0.2) is 27.8 Å². The zero-order valence-corrected chi connectivity index (χ0v) is 12.9. The second-order valence-corrected chi connectivity index (χ2v) is 6.12. The van der Waals surface area contributed by atoms with E-state index in [1.54, 1.807) is 27.0 Å². The second-order valence-electron chi connectivity index (χ2n) is 6.12. The number of hydrogen-bond donors (Lipinski definition) is 3. The summed E-state index contributed by atoms with van der Waals surface area (Å²) in [7, 11) is 0. The summed E-state index contributed by atoms with van der Waals surface area (Å²) < 4.78 is 5.17. The van der Waals surface area contributed by atoms with Gasteiger partial charge in [0.15, 0.2) is 0 Å². The molecule has 1 amide bonds. The lowest BCUT2D eigenvalue weighted by molar-refractivity contribution is -0.136. The molecule has 6 heteroatoms. The molecule has 0 bridgehead atoms. The normalized spacial score (nSPS) is 11.4. The quantitative estimate of drug-likeness (QED) is 0.810. The van der Waals surface area contributed by atoms with Crippen molar-refractivity contribution < 1.29 is 19.4 Å². The van der Waals surface area contributed by atoms with E-state index in [4.69, 9.17) is 9.84 Å². The average Bonchev–Trinajstić information content (AvgIpc) is 2.76. The number of H-pyrrole nitrogens is 1. The summed E-state index contributed by atoms with van der Waals surface area (Å²) >= 11 is 0. The van der Waals surface area contributed by atoms with Crippen molar-refractivity contribution in [1.29, 1.82) is 0 Å². The highest BCUT2D eigenvalue weighted by Gasteiger charge is 2.16. The predicted molar refractivity (Wildman–Crippen MR) is 82.7 cm³/mol. The third-order valence-corrected chi connectivity index (χ3v) is 3.01. The smallest absolute Gasteiger partial charge is 0.407 e. The van der Waals surface area contributed by atoms with E-state index < -0.39 is 17.7 Å². The molecule has 2 rings (SSSR count). The van der Waals surface area contributed by atoms with Gasteiger partial charge in [-0.25, -0.2) is 4.79 Å². The molecule has 6 nitrogen and oxygen atoms in total. The first kappa shape index (κ1) is 15.9. The fourth-order valence-electron chi connectivity index (χ4n) is 2.13. The minimum Gasteiger partial charge on any atom is -0.481 e. The Balaban J connectivity index is 2.09. The van der Waals surface area contributed by atoms with Crippen molar-refractivity contribution in [3.8, 4) is 0 Å². The molecule has 0 aliphatic rings. The van der Waals surface area contributed by atoms with Crippen LogP contribution in [-0.2, 0) is 22.5 Å². The number of ether oxygens (including phenoxy) is 1. The molecule has 1 aromatic heterocycles. The Bertz CT molecular complexity index is 698. The van der Waals surface area contributed by atoms with Crippen LogP contribution >= 0.6 is 0 Å². The molecule has 0 atom stereocenters. The highest BCUT2D eigenvalue weighted by atomic mass is 16.6. The van der Waals surface area contributed by atoms with Gasteiger partial charge in [0.1, 0.15) is 5.60 Å². The molecule has 0 radical (unpaired) electrons. The van der Waals surface area contributed by atoms with Crippen molar-refractivity contribution in [2.75, 3.05) is 0 Å². The Morgan fingerprint density at radius 2 is 2.05 bits per heavy atom. The number of nitrogens with one attached hydrogen (secondary N) is 2. The number of carboxylic acid groups (broad SMARTS) is 1. The molecule has 2 aromatic rings. The minimum absolute atomic E-state index is 0.0387. The van der Waals surface area contributed by atoms with E-state index in [-0.39, 0.29) is 6.42 Å². The van der Waals surface area contributed by atoms with E-state index in [1.165, 1.54) is 0 Å². The fraction of sp³-hybridized carbons (Fsp3) is 0.375. The Morgan fingerprint density at radius 1 is 1.32 bits per heavy atom. The maximum Gasteiger partial charge on any atom is 0.407 e. The van der Waals surface area contributed by atoms with Crippen molar-refractivity contribution in [2.45, 2.75) is 39.3 Å². The lowest BCUT2D eigenvalue weighted by atomic mass is 10.1. The van der Waals surface area contributed by atoms with Crippen molar-refractivity contribution >= 4 is 23.0 Å². The second kappa shape index (κ2) is 6.09. The molecular weight excluding hydrogens is 284 g/mol. The van der Waals surface area contributed by atoms with Crippen molar-refractivity contribution in [2.24, 2.45) is 0 Å². The molecule has 0 saturated heterocycles. The molecular formula is C16H20N2O4. The van der Waals surface area contributed by atoms with E-state index >= 15 is 0 Å². The summed E-state index contributed by atoms with van der Waals surface area (Å²) in [6.45, 7) is 5.73. The largest absolute Gasteiger partial charge is 0.481 e. The van der Waals surface area contributed by atoms with E-state index in [0.717, 1.165) is 22.0 Å². The zero-order valence-electron chi connectivity index (χ0n) is 12.9. The van der Waals surface area contributed by atoms with Gasteiger partial charge in [-0.2, -0.15) is 0 Å². The Kier molecular flexibility index (Phi) is 4.40. The number of carbonyl (C=O) groups excluding carboxylic acids is 1. The van der Waals surface area contributed by atoms with E-state index in [2.05, 4.69) is 10.3 Å². The highest BCUT2D eigenvalue weighted by Crippen LogP contribution is 2.20. The number of carboxylic acids is 1. The van der Waals surface area contributed by atoms with Gasteiger partial charge in [-0.1, -0.05) is 6.07 Å². The van der Waals surface area contributed by atoms with E-state index in [0.29, 0.717) is 6.54 Å². The van der Waals surface area contributed by atoms with Crippen LogP contribution in [0.1, 0.15) is 31.9 Å². The van der Waals surface area contributed by atoms with Crippen LogP contribution in [0.3, 0.4) is 0 Å². The number of aliphatic carboxylic acids is 1. The van der Waals surface area contributed by atoms with Crippen LogP contribution < -0.4 is 5.32 Å². The number of benzene rings is 1. The molecule has 118 valence electrons. The summed E-state index contributed by atoms with van der Waals surface area (Å²) in [5.41, 5.74) is 1.94. The summed E-state index contributed by atoms with van der Waals surface area (Å²) in [5, 5.41) is 12.4. The number of alkyl carbamates (subject to hydrolysis) is 1. The molecule has 1 heterocycles. The van der Waals surface area contributed by atoms with Gasteiger partial charge in [-0.3, -0.25) is 4.79 Å². The Hall–Kier alpha value is -2.50. The highest BCUT2D eigenvalue weighted by molar-refractivity contribution is 5.87. The molecule has 3 N–H and O–H groups in total. The first-order chi connectivity index (χ1) is 10.2. The number of hydrogen-bond acceptors (Lipinski definition) is 3. The third-order valence-electron chi connectivity index (χ3n) is 3.01. The number of amides is 1. The van der Waals surface area contributed by atoms with Gasteiger partial charge < -0.3 is 20.1 Å². The monoisotopic (exact) mass is 304 g/mol. The molecule has 22 heavy (non-hydrogen) atoms. The molecule has 0 aliphatic heterocycles. The third kappa shape index (κ3) is 4.25. The minimum atomic E-state index is -0.877. The lowest BCUT2D eigenvalue weighted by Gasteiger charge is -2.19. The Labute approximate surface area is 128 Å². The first-order valence-corrected chi connectivity index (χ1v) is 7.02. The molecule has 0 unspecified atom stereocenters. The Morgan fingerprint density at radius 3 is 2.68 bits per heavy atom. The van der Waals surface area contributed by atoms with Crippen LogP contribution in [0.2, 0.25) is 0 Å². The van der Waals surface area contributed by atoms with Crippen LogP contribution in [0.5, 0.6) is 0 Å². The summed E-state index contributed by atoms with van der Waals surface area (Å²) in [4.78, 5) is 25.5. The number of rotatable bonds is 4. The van der Waals surface area contributed by atoms with Crippen LogP contribution in [0.4, 0.5) is 4.79 Å². The van der Waals surface area contributed by atoms with Crippen molar-refractivity contribution in [3.05, 3.63) is 35.5 Å². The first-order valence-electron chi connectivity index (χ1n) is 7.02. The SMILES string of the molecule is CC(C)(C)OC(=O)NCc1ccc2[nH]cc(CC(=O)O)c2c1. The van der Waals surface area contributed by atoms with Gasteiger partial charge in [0.25, 0.3) is 0 Å². The van der Waals surface area contributed by atoms with Crippen molar-refractivity contribution in [3.63, 3.8) is 0 Å². The zero-order chi connectivity index (χ0) is 16.3. The lowest BCUT2D eigenvalue weighted by Crippen LogP contribution is -2.32. The van der Waals surface area contributed by atoms with Gasteiger partial charge in [-0.15, -0.1) is 0 Å². The summed E-state index contributed by atoms with van der Waals surface area (Å²) in [6.07, 6.45) is 1.18. The standard InChI is InChI=1S/C16H20N2O4/c1-16(2,3)22-15(21)18-8-10-4-5-13-12(6-10)11(9-17-13)7-14(19)20/h4-6,9,17H,7-8H2,1-3H3,(H,18,21)(H,19,20). The van der Waals surface area contributed by atoms with Gasteiger partial charge in [0.05, 0.1) is 6.42 Å². The molecule has 0 fully saturated rings. The van der Waals surface area contributed by atoms with Gasteiger partial charge in [0, 0.05) is 23.6 Å². The molecule has 0 aliphatic carbocycles. The van der Waals surface area contributed by atoms with Gasteiger partial charge >= 0.3 is 12.1 Å². The van der Waals surface area contributed by atoms with Crippen LogP contribution in [0.15, 0.2) is 24.4 Å². The van der Waals surface area contributed by atoms with Crippen molar-refractivity contribution in [1.82, 2.24) is 10.3 Å². The number of aromatic amines is 1. The van der Waals surface area contributed by atoms with E-state index in [1.807, 2.05) is 18.2 Å². The van der Waals surface area contributed by atoms with Crippen LogP contribution in [0.25, 0.3) is 10.9 Å². The van der Waals surface area contributed by atoms with Crippen LogP contribution in [0, 0.1) is 0 Å². The number of carbonyl (C=O) groups is 2. The van der Waals surface area contributed by atoms with Gasteiger partial charge in [0.2, 0.25) is 0 Å².